The molecule has 1 saturated heterocycles. The number of aliphatic carboxylic acids is 1. The maximum Gasteiger partial charge on any atom is 0.310 e. The molecular formula is C12H23NO4S. The summed E-state index contributed by atoms with van der Waals surface area (Å²) in [6.45, 7) is 5.99. The van der Waals surface area contributed by atoms with Crippen molar-refractivity contribution in [3.8, 4) is 0 Å². The van der Waals surface area contributed by atoms with Crippen LogP contribution in [0, 0.1) is 11.3 Å². The highest BCUT2D eigenvalue weighted by molar-refractivity contribution is 7.89. The van der Waals surface area contributed by atoms with Crippen LogP contribution in [-0.2, 0) is 14.8 Å². The Bertz CT molecular complexity index is 406. The first-order chi connectivity index (χ1) is 8.21. The summed E-state index contributed by atoms with van der Waals surface area (Å²) in [5.74, 6) is -0.671. The fraction of sp³-hybridized carbons (Fsp3) is 0.917. The van der Waals surface area contributed by atoms with E-state index in [0.717, 1.165) is 12.8 Å². The molecule has 6 heteroatoms. The molecule has 18 heavy (non-hydrogen) atoms. The summed E-state index contributed by atoms with van der Waals surface area (Å²) in [7, 11) is -3.32. The molecule has 0 aliphatic carbocycles. The van der Waals surface area contributed by atoms with Crippen LogP contribution < -0.4 is 0 Å². The van der Waals surface area contributed by atoms with Crippen LogP contribution in [0.4, 0.5) is 0 Å². The second kappa shape index (κ2) is 5.57. The van der Waals surface area contributed by atoms with Crippen molar-refractivity contribution in [3.63, 3.8) is 0 Å². The molecule has 0 spiro atoms. The highest BCUT2D eigenvalue weighted by atomic mass is 32.2. The normalized spacial score (nSPS) is 27.3. The van der Waals surface area contributed by atoms with Crippen molar-refractivity contribution in [2.75, 3.05) is 18.8 Å². The topological polar surface area (TPSA) is 74.7 Å². The molecule has 0 amide bonds. The van der Waals surface area contributed by atoms with Crippen LogP contribution in [0.2, 0.25) is 0 Å². The molecule has 5 nitrogen and oxygen atoms in total. The lowest BCUT2D eigenvalue weighted by molar-refractivity contribution is -0.146. The van der Waals surface area contributed by atoms with E-state index in [1.807, 2.05) is 13.8 Å². The van der Waals surface area contributed by atoms with Crippen LogP contribution in [0.3, 0.4) is 0 Å². The average Bonchev–Trinajstić information content (AvgIpc) is 2.62. The Morgan fingerprint density at radius 3 is 2.56 bits per heavy atom. The van der Waals surface area contributed by atoms with Gasteiger partial charge in [-0.15, -0.1) is 0 Å². The van der Waals surface area contributed by atoms with Crippen LogP contribution in [0.25, 0.3) is 0 Å². The molecule has 0 saturated carbocycles. The molecule has 106 valence electrons. The summed E-state index contributed by atoms with van der Waals surface area (Å²) in [6.07, 6.45) is 2.23. The lowest BCUT2D eigenvalue weighted by Crippen LogP contribution is -2.37. The van der Waals surface area contributed by atoms with Crippen molar-refractivity contribution in [2.24, 2.45) is 11.3 Å². The van der Waals surface area contributed by atoms with Crippen LogP contribution in [-0.4, -0.2) is 42.6 Å². The minimum Gasteiger partial charge on any atom is -0.481 e. The lowest BCUT2D eigenvalue weighted by atomic mass is 9.90. The summed E-state index contributed by atoms with van der Waals surface area (Å²) >= 11 is 0. The van der Waals surface area contributed by atoms with Gasteiger partial charge in [0, 0.05) is 13.1 Å². The van der Waals surface area contributed by atoms with E-state index in [9.17, 15) is 13.2 Å². The van der Waals surface area contributed by atoms with E-state index in [0.29, 0.717) is 13.0 Å². The van der Waals surface area contributed by atoms with Crippen molar-refractivity contribution in [1.82, 2.24) is 4.31 Å². The van der Waals surface area contributed by atoms with E-state index in [1.165, 1.54) is 4.31 Å². The van der Waals surface area contributed by atoms with E-state index < -0.39 is 21.4 Å². The van der Waals surface area contributed by atoms with Gasteiger partial charge in [0.2, 0.25) is 10.0 Å². The third-order valence-corrected chi connectivity index (χ3v) is 5.71. The molecule has 1 heterocycles. The van der Waals surface area contributed by atoms with E-state index in [-0.39, 0.29) is 18.2 Å². The van der Waals surface area contributed by atoms with Crippen LogP contribution in [0.5, 0.6) is 0 Å². The zero-order valence-electron chi connectivity index (χ0n) is 11.3. The van der Waals surface area contributed by atoms with Crippen molar-refractivity contribution in [3.05, 3.63) is 0 Å². The molecule has 0 radical (unpaired) electrons. The molecule has 0 aromatic carbocycles. The molecule has 1 N–H and O–H groups in total. The van der Waals surface area contributed by atoms with Gasteiger partial charge >= 0.3 is 5.97 Å². The van der Waals surface area contributed by atoms with Crippen LogP contribution in [0.1, 0.15) is 40.0 Å². The summed E-state index contributed by atoms with van der Waals surface area (Å²) in [5.41, 5.74) is -0.929. The summed E-state index contributed by atoms with van der Waals surface area (Å²) in [4.78, 5) is 11.1. The Morgan fingerprint density at radius 1 is 1.50 bits per heavy atom. The number of carbonyl (C=O) groups is 1. The van der Waals surface area contributed by atoms with Gasteiger partial charge in [0.25, 0.3) is 0 Å². The number of sulfonamides is 1. The second-order valence-corrected chi connectivity index (χ2v) is 7.64. The van der Waals surface area contributed by atoms with Gasteiger partial charge in [0.15, 0.2) is 0 Å². The molecule has 0 bridgehead atoms. The van der Waals surface area contributed by atoms with Gasteiger partial charge in [0.05, 0.1) is 11.2 Å². The zero-order valence-corrected chi connectivity index (χ0v) is 12.2. The predicted octanol–water partition coefficient (Wildman–Crippen LogP) is 1.55. The fourth-order valence-corrected chi connectivity index (χ4v) is 4.32. The smallest absolute Gasteiger partial charge is 0.310 e. The minimum absolute atomic E-state index is 0.101. The van der Waals surface area contributed by atoms with Gasteiger partial charge in [-0.1, -0.05) is 20.3 Å². The minimum atomic E-state index is -3.32. The molecule has 1 rings (SSSR count). The monoisotopic (exact) mass is 277 g/mol. The number of carboxylic acid groups (broad SMARTS) is 1. The Labute approximate surface area is 109 Å². The van der Waals surface area contributed by atoms with Crippen molar-refractivity contribution < 1.29 is 18.3 Å². The van der Waals surface area contributed by atoms with E-state index >= 15 is 0 Å². The van der Waals surface area contributed by atoms with Gasteiger partial charge < -0.3 is 5.11 Å². The molecule has 1 aliphatic heterocycles. The molecular weight excluding hydrogens is 254 g/mol. The van der Waals surface area contributed by atoms with Gasteiger partial charge in [-0.05, 0) is 25.7 Å². The Hall–Kier alpha value is -0.620. The Morgan fingerprint density at radius 2 is 2.11 bits per heavy atom. The van der Waals surface area contributed by atoms with Gasteiger partial charge in [-0.2, -0.15) is 0 Å². The molecule has 0 aromatic rings. The van der Waals surface area contributed by atoms with E-state index in [1.54, 1.807) is 6.92 Å². The van der Waals surface area contributed by atoms with E-state index in [2.05, 4.69) is 0 Å². The third-order valence-electron chi connectivity index (χ3n) is 3.62. The number of hydrogen-bond donors (Lipinski definition) is 1. The molecule has 2 atom stereocenters. The van der Waals surface area contributed by atoms with Gasteiger partial charge in [-0.25, -0.2) is 12.7 Å². The number of hydrogen-bond acceptors (Lipinski definition) is 3. The first-order valence-corrected chi connectivity index (χ1v) is 8.03. The first-order valence-electron chi connectivity index (χ1n) is 6.42. The van der Waals surface area contributed by atoms with Crippen molar-refractivity contribution in [1.29, 1.82) is 0 Å². The molecule has 1 aliphatic rings. The summed E-state index contributed by atoms with van der Waals surface area (Å²) in [5, 5.41) is 9.10. The molecule has 0 aromatic heterocycles. The average molecular weight is 277 g/mol. The van der Waals surface area contributed by atoms with Crippen molar-refractivity contribution >= 4 is 16.0 Å². The third kappa shape index (κ3) is 3.45. The molecule has 2 unspecified atom stereocenters. The quantitative estimate of drug-likeness (QED) is 0.799. The first kappa shape index (κ1) is 15.4. The Kier molecular flexibility index (Phi) is 4.78. The maximum absolute atomic E-state index is 12.2. The van der Waals surface area contributed by atoms with Crippen LogP contribution >= 0.6 is 0 Å². The highest BCUT2D eigenvalue weighted by Gasteiger charge is 2.44. The molecule has 1 fully saturated rings. The second-order valence-electron chi connectivity index (χ2n) is 5.62. The summed E-state index contributed by atoms with van der Waals surface area (Å²) < 4.78 is 25.7. The lowest BCUT2D eigenvalue weighted by Gasteiger charge is -2.21. The predicted molar refractivity (Wildman–Crippen MR) is 69.8 cm³/mol. The highest BCUT2D eigenvalue weighted by Crippen LogP contribution is 2.32. The van der Waals surface area contributed by atoms with Gasteiger partial charge in [0.1, 0.15) is 0 Å². The number of rotatable bonds is 6. The summed E-state index contributed by atoms with van der Waals surface area (Å²) in [6, 6.07) is 0. The number of carboxylic acids is 1. The zero-order chi connectivity index (χ0) is 14.0. The van der Waals surface area contributed by atoms with Crippen LogP contribution in [0.15, 0.2) is 0 Å². The SMILES string of the molecule is CCCC(C)CS(=O)(=O)N1CCC(C)(C(=O)O)C1. The maximum atomic E-state index is 12.2. The standard InChI is InChI=1S/C12H23NO4S/c1-4-5-10(2)8-18(16,17)13-7-6-12(3,9-13)11(14)15/h10H,4-9H2,1-3H3,(H,14,15). The van der Waals surface area contributed by atoms with Crippen molar-refractivity contribution in [2.45, 2.75) is 40.0 Å². The van der Waals surface area contributed by atoms with E-state index in [4.69, 9.17) is 5.11 Å². The Balaban J connectivity index is 2.69. The van der Waals surface area contributed by atoms with Gasteiger partial charge in [-0.3, -0.25) is 4.79 Å². The fourth-order valence-electron chi connectivity index (χ4n) is 2.37. The number of nitrogens with zero attached hydrogens (tertiary/aromatic N) is 1. The largest absolute Gasteiger partial charge is 0.481 e.